The van der Waals surface area contributed by atoms with Crippen molar-refractivity contribution in [3.63, 3.8) is 0 Å². The van der Waals surface area contributed by atoms with Crippen molar-refractivity contribution in [1.82, 2.24) is 15.5 Å². The van der Waals surface area contributed by atoms with Crippen LogP contribution in [0.25, 0.3) is 0 Å². The summed E-state index contributed by atoms with van der Waals surface area (Å²) in [5, 5.41) is 13.7. The van der Waals surface area contributed by atoms with Gasteiger partial charge in [0.1, 0.15) is 5.82 Å². The van der Waals surface area contributed by atoms with Crippen LogP contribution in [-0.4, -0.2) is 42.4 Å². The molecule has 0 radical (unpaired) electrons. The molecule has 1 unspecified atom stereocenters. The SMILES string of the molecule is CCC(C)NC(=O)c1ccc(NCCOC)nn1. The second kappa shape index (κ2) is 7.60. The molecule has 1 aromatic heterocycles. The highest BCUT2D eigenvalue weighted by atomic mass is 16.5. The number of rotatable bonds is 7. The summed E-state index contributed by atoms with van der Waals surface area (Å²) in [4.78, 5) is 11.7. The van der Waals surface area contributed by atoms with E-state index in [9.17, 15) is 4.79 Å². The lowest BCUT2D eigenvalue weighted by atomic mass is 10.2. The van der Waals surface area contributed by atoms with E-state index in [4.69, 9.17) is 4.74 Å². The fraction of sp³-hybridized carbons (Fsp3) is 0.583. The van der Waals surface area contributed by atoms with Gasteiger partial charge < -0.3 is 15.4 Å². The van der Waals surface area contributed by atoms with E-state index in [1.54, 1.807) is 19.2 Å². The van der Waals surface area contributed by atoms with E-state index in [2.05, 4.69) is 20.8 Å². The van der Waals surface area contributed by atoms with Crippen LogP contribution in [0.5, 0.6) is 0 Å². The summed E-state index contributed by atoms with van der Waals surface area (Å²) >= 11 is 0. The van der Waals surface area contributed by atoms with Crippen molar-refractivity contribution >= 4 is 11.7 Å². The predicted octanol–water partition coefficient (Wildman–Crippen LogP) is 1.06. The molecule has 1 atom stereocenters. The van der Waals surface area contributed by atoms with Crippen molar-refractivity contribution in [3.8, 4) is 0 Å². The molecule has 100 valence electrons. The predicted molar refractivity (Wildman–Crippen MR) is 69.6 cm³/mol. The molecular formula is C12H20N4O2. The van der Waals surface area contributed by atoms with Crippen molar-refractivity contribution < 1.29 is 9.53 Å². The lowest BCUT2D eigenvalue weighted by molar-refractivity contribution is 0.0933. The molecule has 1 heterocycles. The first-order valence-electron chi connectivity index (χ1n) is 6.04. The van der Waals surface area contributed by atoms with Gasteiger partial charge in [0.05, 0.1) is 6.61 Å². The number of amides is 1. The highest BCUT2D eigenvalue weighted by Crippen LogP contribution is 2.02. The Bertz CT molecular complexity index is 367. The summed E-state index contributed by atoms with van der Waals surface area (Å²) < 4.78 is 4.91. The Morgan fingerprint density at radius 3 is 2.78 bits per heavy atom. The molecule has 1 amide bonds. The number of hydrogen-bond acceptors (Lipinski definition) is 5. The van der Waals surface area contributed by atoms with Crippen LogP contribution in [0.1, 0.15) is 30.8 Å². The largest absolute Gasteiger partial charge is 0.383 e. The maximum Gasteiger partial charge on any atom is 0.272 e. The van der Waals surface area contributed by atoms with E-state index in [1.807, 2.05) is 13.8 Å². The third kappa shape index (κ3) is 4.67. The van der Waals surface area contributed by atoms with Gasteiger partial charge in [0.15, 0.2) is 5.69 Å². The number of anilines is 1. The van der Waals surface area contributed by atoms with Gasteiger partial charge in [0, 0.05) is 19.7 Å². The highest BCUT2D eigenvalue weighted by molar-refractivity contribution is 5.92. The van der Waals surface area contributed by atoms with Gasteiger partial charge in [-0.15, -0.1) is 10.2 Å². The Morgan fingerprint density at radius 2 is 2.22 bits per heavy atom. The van der Waals surface area contributed by atoms with E-state index in [-0.39, 0.29) is 11.9 Å². The highest BCUT2D eigenvalue weighted by Gasteiger charge is 2.10. The number of nitrogens with one attached hydrogen (secondary N) is 2. The Morgan fingerprint density at radius 1 is 1.44 bits per heavy atom. The van der Waals surface area contributed by atoms with E-state index >= 15 is 0 Å². The Labute approximate surface area is 107 Å². The standard InChI is InChI=1S/C12H20N4O2/c1-4-9(2)14-12(17)10-5-6-11(16-15-10)13-7-8-18-3/h5-6,9H,4,7-8H2,1-3H3,(H,13,16)(H,14,17). The van der Waals surface area contributed by atoms with Crippen LogP contribution in [0.2, 0.25) is 0 Å². The van der Waals surface area contributed by atoms with Crippen molar-refractivity contribution in [2.24, 2.45) is 0 Å². The molecule has 0 aliphatic rings. The average molecular weight is 252 g/mol. The minimum absolute atomic E-state index is 0.138. The number of carbonyl (C=O) groups is 1. The molecule has 18 heavy (non-hydrogen) atoms. The molecule has 6 heteroatoms. The topological polar surface area (TPSA) is 76.1 Å². The lowest BCUT2D eigenvalue weighted by Crippen LogP contribution is -2.32. The summed E-state index contributed by atoms with van der Waals surface area (Å²) in [5.74, 6) is 0.437. The quantitative estimate of drug-likeness (QED) is 0.710. The van der Waals surface area contributed by atoms with Gasteiger partial charge in [-0.25, -0.2) is 0 Å². The second-order valence-corrected chi connectivity index (χ2v) is 4.01. The number of carbonyl (C=O) groups excluding carboxylic acids is 1. The average Bonchev–Trinajstić information content (AvgIpc) is 2.39. The summed E-state index contributed by atoms with van der Waals surface area (Å²) in [6.45, 7) is 5.22. The molecular weight excluding hydrogens is 232 g/mol. The third-order valence-corrected chi connectivity index (χ3v) is 2.50. The van der Waals surface area contributed by atoms with Crippen LogP contribution in [0.3, 0.4) is 0 Å². The number of aromatic nitrogens is 2. The molecule has 0 saturated heterocycles. The number of hydrogen-bond donors (Lipinski definition) is 2. The van der Waals surface area contributed by atoms with E-state index in [1.165, 1.54) is 0 Å². The maximum absolute atomic E-state index is 11.7. The Hall–Kier alpha value is -1.69. The minimum atomic E-state index is -0.194. The van der Waals surface area contributed by atoms with Gasteiger partial charge in [0.2, 0.25) is 0 Å². The van der Waals surface area contributed by atoms with Gasteiger partial charge in [-0.3, -0.25) is 4.79 Å². The first kappa shape index (κ1) is 14.4. The molecule has 1 rings (SSSR count). The van der Waals surface area contributed by atoms with Crippen LogP contribution in [0.15, 0.2) is 12.1 Å². The molecule has 0 aliphatic carbocycles. The second-order valence-electron chi connectivity index (χ2n) is 4.01. The van der Waals surface area contributed by atoms with Gasteiger partial charge in [0.25, 0.3) is 5.91 Å². The molecule has 6 nitrogen and oxygen atoms in total. The number of nitrogens with zero attached hydrogens (tertiary/aromatic N) is 2. The first-order chi connectivity index (χ1) is 8.67. The number of methoxy groups -OCH3 is 1. The van der Waals surface area contributed by atoms with Crippen molar-refractivity contribution in [2.75, 3.05) is 25.6 Å². The minimum Gasteiger partial charge on any atom is -0.383 e. The van der Waals surface area contributed by atoms with Gasteiger partial charge in [-0.05, 0) is 25.5 Å². The summed E-state index contributed by atoms with van der Waals surface area (Å²) in [6.07, 6.45) is 0.885. The van der Waals surface area contributed by atoms with E-state index in [0.29, 0.717) is 24.7 Å². The molecule has 0 aliphatic heterocycles. The zero-order valence-corrected chi connectivity index (χ0v) is 11.1. The summed E-state index contributed by atoms with van der Waals surface area (Å²) in [5.41, 5.74) is 0.326. The Balaban J connectivity index is 2.51. The molecule has 0 bridgehead atoms. The smallest absolute Gasteiger partial charge is 0.272 e. The number of ether oxygens (including phenoxy) is 1. The zero-order chi connectivity index (χ0) is 13.4. The van der Waals surface area contributed by atoms with Crippen LogP contribution in [-0.2, 0) is 4.74 Å². The molecule has 1 aromatic rings. The van der Waals surface area contributed by atoms with Crippen LogP contribution < -0.4 is 10.6 Å². The zero-order valence-electron chi connectivity index (χ0n) is 11.1. The van der Waals surface area contributed by atoms with Crippen molar-refractivity contribution in [1.29, 1.82) is 0 Å². The summed E-state index contributed by atoms with van der Waals surface area (Å²) in [6, 6.07) is 3.52. The van der Waals surface area contributed by atoms with E-state index < -0.39 is 0 Å². The van der Waals surface area contributed by atoms with Gasteiger partial charge >= 0.3 is 0 Å². The van der Waals surface area contributed by atoms with Crippen molar-refractivity contribution in [3.05, 3.63) is 17.8 Å². The first-order valence-corrected chi connectivity index (χ1v) is 6.04. The molecule has 0 fully saturated rings. The maximum atomic E-state index is 11.7. The normalized spacial score (nSPS) is 11.9. The van der Waals surface area contributed by atoms with E-state index in [0.717, 1.165) is 6.42 Å². The molecule has 0 saturated carbocycles. The van der Waals surface area contributed by atoms with Crippen LogP contribution >= 0.6 is 0 Å². The van der Waals surface area contributed by atoms with Crippen LogP contribution in [0, 0.1) is 0 Å². The molecule has 2 N–H and O–H groups in total. The Kier molecular flexibility index (Phi) is 6.07. The summed E-state index contributed by atoms with van der Waals surface area (Å²) in [7, 11) is 1.63. The van der Waals surface area contributed by atoms with Gasteiger partial charge in [-0.2, -0.15) is 0 Å². The van der Waals surface area contributed by atoms with Crippen molar-refractivity contribution in [2.45, 2.75) is 26.3 Å². The molecule has 0 spiro atoms. The fourth-order valence-corrected chi connectivity index (χ4v) is 1.23. The fourth-order valence-electron chi connectivity index (χ4n) is 1.23. The molecule has 0 aromatic carbocycles. The monoisotopic (exact) mass is 252 g/mol. The third-order valence-electron chi connectivity index (χ3n) is 2.50. The lowest BCUT2D eigenvalue weighted by Gasteiger charge is -2.10. The van der Waals surface area contributed by atoms with Crippen LogP contribution in [0.4, 0.5) is 5.82 Å². The van der Waals surface area contributed by atoms with Gasteiger partial charge in [-0.1, -0.05) is 6.92 Å².